The van der Waals surface area contributed by atoms with Crippen LogP contribution < -0.4 is 16.4 Å². The normalized spacial score (nSPS) is 17.3. The van der Waals surface area contributed by atoms with Crippen molar-refractivity contribution >= 4 is 11.9 Å². The van der Waals surface area contributed by atoms with Gasteiger partial charge in [0.2, 0.25) is 5.91 Å². The molecule has 6 nitrogen and oxygen atoms in total. The van der Waals surface area contributed by atoms with Gasteiger partial charge in [0, 0.05) is 33.9 Å². The summed E-state index contributed by atoms with van der Waals surface area (Å²) in [6.07, 6.45) is 6.36. The zero-order valence-electron chi connectivity index (χ0n) is 17.0. The molecule has 1 amide bonds. The minimum absolute atomic E-state index is 0.241. The molecule has 1 aromatic carbocycles. The first-order valence-electron chi connectivity index (χ1n) is 9.95. The number of nitrogens with one attached hydrogen (secondary N) is 2. The molecule has 1 aromatic rings. The van der Waals surface area contributed by atoms with E-state index in [4.69, 9.17) is 10.5 Å². The lowest BCUT2D eigenvalue weighted by Crippen LogP contribution is -2.46. The van der Waals surface area contributed by atoms with Gasteiger partial charge >= 0.3 is 0 Å². The average Bonchev–Trinajstić information content (AvgIpc) is 3.16. The fraction of sp³-hybridized carbons (Fsp3) is 0.619. The van der Waals surface area contributed by atoms with Crippen LogP contribution in [0.5, 0.6) is 0 Å². The Labute approximate surface area is 167 Å². The third-order valence-corrected chi connectivity index (χ3v) is 5.67. The molecule has 0 aromatic heterocycles. The molecule has 1 saturated carbocycles. The number of rotatable bonds is 10. The quantitative estimate of drug-likeness (QED) is 0.421. The van der Waals surface area contributed by atoms with Crippen molar-refractivity contribution < 1.29 is 13.9 Å². The number of nitrogens with two attached hydrogens (primary N) is 1. The molecule has 28 heavy (non-hydrogen) atoms. The van der Waals surface area contributed by atoms with Crippen LogP contribution in [0.2, 0.25) is 0 Å². The third kappa shape index (κ3) is 6.78. The molecular formula is C21H33FN4O2. The van der Waals surface area contributed by atoms with Crippen LogP contribution in [0.4, 0.5) is 4.39 Å². The fourth-order valence-corrected chi connectivity index (χ4v) is 3.85. The monoisotopic (exact) mass is 392 g/mol. The van der Waals surface area contributed by atoms with E-state index in [9.17, 15) is 9.18 Å². The summed E-state index contributed by atoms with van der Waals surface area (Å²) in [5.74, 6) is -0.428. The Morgan fingerprint density at radius 1 is 1.29 bits per heavy atom. The molecule has 0 spiro atoms. The molecular weight excluding hydrogens is 359 g/mol. The Balaban J connectivity index is 1.88. The second-order valence-electron chi connectivity index (χ2n) is 7.69. The minimum atomic E-state index is -0.405. The predicted octanol–water partition coefficient (Wildman–Crippen LogP) is 2.23. The van der Waals surface area contributed by atoms with Gasteiger partial charge in [-0.25, -0.2) is 4.39 Å². The summed E-state index contributed by atoms with van der Waals surface area (Å²) in [5, 5.41) is 6.62. The lowest BCUT2D eigenvalue weighted by atomic mass is 9.83. The van der Waals surface area contributed by atoms with Gasteiger partial charge < -0.3 is 21.1 Å². The van der Waals surface area contributed by atoms with Gasteiger partial charge in [0.15, 0.2) is 5.96 Å². The summed E-state index contributed by atoms with van der Waals surface area (Å²) in [4.78, 5) is 16.1. The highest BCUT2D eigenvalue weighted by Gasteiger charge is 2.33. The van der Waals surface area contributed by atoms with E-state index in [-0.39, 0.29) is 17.1 Å². The number of primary amides is 1. The number of hydrogen-bond acceptors (Lipinski definition) is 3. The number of benzene rings is 1. The van der Waals surface area contributed by atoms with Crippen molar-refractivity contribution in [3.05, 3.63) is 35.6 Å². The van der Waals surface area contributed by atoms with Crippen LogP contribution >= 0.6 is 0 Å². The lowest BCUT2D eigenvalue weighted by molar-refractivity contribution is -0.121. The largest absolute Gasteiger partial charge is 0.385 e. The van der Waals surface area contributed by atoms with Crippen LogP contribution in [0, 0.1) is 17.2 Å². The fourth-order valence-electron chi connectivity index (χ4n) is 3.85. The van der Waals surface area contributed by atoms with Crippen LogP contribution in [0.1, 0.15) is 37.7 Å². The number of carbonyl (C=O) groups excluding carboxylic acids is 1. The summed E-state index contributed by atoms with van der Waals surface area (Å²) in [7, 11) is 3.45. The molecule has 0 bridgehead atoms. The van der Waals surface area contributed by atoms with E-state index in [1.54, 1.807) is 26.3 Å². The number of nitrogens with zero attached hydrogens (tertiary/aromatic N) is 1. The summed E-state index contributed by atoms with van der Waals surface area (Å²) in [5.41, 5.74) is 6.68. The van der Waals surface area contributed by atoms with E-state index in [2.05, 4.69) is 15.6 Å². The molecule has 4 N–H and O–H groups in total. The Morgan fingerprint density at radius 3 is 2.54 bits per heavy atom. The molecule has 156 valence electrons. The second-order valence-corrected chi connectivity index (χ2v) is 7.69. The van der Waals surface area contributed by atoms with E-state index in [0.29, 0.717) is 18.9 Å². The summed E-state index contributed by atoms with van der Waals surface area (Å²) < 4.78 is 18.4. The van der Waals surface area contributed by atoms with Gasteiger partial charge in [0.1, 0.15) is 5.82 Å². The van der Waals surface area contributed by atoms with Crippen molar-refractivity contribution in [2.75, 3.05) is 33.9 Å². The van der Waals surface area contributed by atoms with Crippen LogP contribution in [-0.2, 0) is 16.0 Å². The first kappa shape index (κ1) is 22.1. The molecule has 2 rings (SSSR count). The second kappa shape index (κ2) is 11.0. The molecule has 0 saturated heterocycles. The number of methoxy groups -OCH3 is 1. The number of ether oxygens (including phenoxy) is 1. The van der Waals surface area contributed by atoms with Crippen molar-refractivity contribution in [3.63, 3.8) is 0 Å². The maximum absolute atomic E-state index is 13.1. The number of halogens is 1. The lowest BCUT2D eigenvalue weighted by Gasteiger charge is -2.30. The SMILES string of the molecule is CN=C(NCC(Cc1ccc(F)cc1)C(N)=O)NCC1(CCOC)CCCC1. The average molecular weight is 393 g/mol. The smallest absolute Gasteiger partial charge is 0.222 e. The Morgan fingerprint density at radius 2 is 1.96 bits per heavy atom. The van der Waals surface area contributed by atoms with Crippen molar-refractivity contribution in [1.29, 1.82) is 0 Å². The highest BCUT2D eigenvalue weighted by molar-refractivity contribution is 5.81. The van der Waals surface area contributed by atoms with Crippen molar-refractivity contribution in [2.45, 2.75) is 38.5 Å². The van der Waals surface area contributed by atoms with Gasteiger partial charge in [-0.2, -0.15) is 0 Å². The zero-order valence-corrected chi connectivity index (χ0v) is 17.0. The number of guanidine groups is 1. The van der Waals surface area contributed by atoms with E-state index in [1.807, 2.05) is 0 Å². The number of carbonyl (C=O) groups is 1. The molecule has 1 unspecified atom stereocenters. The van der Waals surface area contributed by atoms with Gasteiger partial charge in [0.05, 0.1) is 5.92 Å². The molecule has 0 heterocycles. The molecule has 0 aliphatic heterocycles. The maximum atomic E-state index is 13.1. The highest BCUT2D eigenvalue weighted by Crippen LogP contribution is 2.40. The van der Waals surface area contributed by atoms with Crippen LogP contribution in [0.3, 0.4) is 0 Å². The van der Waals surface area contributed by atoms with Gasteiger partial charge in [-0.1, -0.05) is 25.0 Å². The van der Waals surface area contributed by atoms with Crippen LogP contribution in [0.25, 0.3) is 0 Å². The third-order valence-electron chi connectivity index (χ3n) is 5.67. The van der Waals surface area contributed by atoms with Crippen LogP contribution in [-0.4, -0.2) is 45.7 Å². The van der Waals surface area contributed by atoms with E-state index >= 15 is 0 Å². The van der Waals surface area contributed by atoms with Gasteiger partial charge in [0.25, 0.3) is 0 Å². The van der Waals surface area contributed by atoms with Gasteiger partial charge in [-0.05, 0) is 48.8 Å². The number of amides is 1. The van der Waals surface area contributed by atoms with Crippen molar-refractivity contribution in [3.8, 4) is 0 Å². The molecule has 7 heteroatoms. The first-order chi connectivity index (χ1) is 13.5. The van der Waals surface area contributed by atoms with E-state index < -0.39 is 5.92 Å². The van der Waals surface area contributed by atoms with E-state index in [0.717, 1.165) is 25.1 Å². The molecule has 1 fully saturated rings. The number of aliphatic imine (C=N–C) groups is 1. The molecule has 1 aliphatic carbocycles. The predicted molar refractivity (Wildman–Crippen MR) is 110 cm³/mol. The minimum Gasteiger partial charge on any atom is -0.385 e. The van der Waals surface area contributed by atoms with Crippen molar-refractivity contribution in [2.24, 2.45) is 22.1 Å². The van der Waals surface area contributed by atoms with Crippen molar-refractivity contribution in [1.82, 2.24) is 10.6 Å². The molecule has 1 atom stereocenters. The van der Waals surface area contributed by atoms with Gasteiger partial charge in [-0.3, -0.25) is 9.79 Å². The van der Waals surface area contributed by atoms with E-state index in [1.165, 1.54) is 37.8 Å². The van der Waals surface area contributed by atoms with Crippen LogP contribution in [0.15, 0.2) is 29.3 Å². The molecule has 0 radical (unpaired) electrons. The highest BCUT2D eigenvalue weighted by atomic mass is 19.1. The summed E-state index contributed by atoms with van der Waals surface area (Å²) >= 11 is 0. The molecule has 1 aliphatic rings. The topological polar surface area (TPSA) is 88.7 Å². The maximum Gasteiger partial charge on any atom is 0.222 e. The Kier molecular flexibility index (Phi) is 8.70. The Bertz CT molecular complexity index is 642. The standard InChI is InChI=1S/C21H33FN4O2/c1-24-20(26-15-21(11-12-28-2)9-3-4-10-21)25-14-17(19(23)27)13-16-5-7-18(22)8-6-16/h5-8,17H,3-4,9-15H2,1-2H3,(H2,23,27)(H2,24,25,26). The first-order valence-corrected chi connectivity index (χ1v) is 9.95. The summed E-state index contributed by atoms with van der Waals surface area (Å²) in [6.45, 7) is 1.96. The van der Waals surface area contributed by atoms with Gasteiger partial charge in [-0.15, -0.1) is 0 Å². The number of hydrogen-bond donors (Lipinski definition) is 3. The summed E-state index contributed by atoms with van der Waals surface area (Å²) in [6, 6.07) is 6.14. The Hall–Kier alpha value is -2.15. The zero-order chi connectivity index (χ0) is 20.4.